The number of hydrogen-bond donors (Lipinski definition) is 1. The van der Waals surface area contributed by atoms with E-state index in [-0.39, 0.29) is 17.8 Å². The summed E-state index contributed by atoms with van der Waals surface area (Å²) in [6.45, 7) is 5.09. The number of anilines is 1. The number of Topliss-reactive ketones (excluding diaryl/α,β-unsaturated/α-hetero) is 1. The van der Waals surface area contributed by atoms with E-state index in [1.165, 1.54) is 6.07 Å². The molecule has 98 valence electrons. The van der Waals surface area contributed by atoms with Gasteiger partial charge in [-0.3, -0.25) is 4.79 Å². The normalized spacial score (nSPS) is 18.2. The zero-order valence-corrected chi connectivity index (χ0v) is 10.4. The van der Waals surface area contributed by atoms with Crippen LogP contribution in [0.15, 0.2) is 12.1 Å². The maximum absolute atomic E-state index is 12.9. The van der Waals surface area contributed by atoms with E-state index in [1.807, 2.05) is 0 Å². The van der Waals surface area contributed by atoms with Crippen LogP contribution in [0.25, 0.3) is 0 Å². The highest BCUT2D eigenvalue weighted by atomic mass is 19.4. The van der Waals surface area contributed by atoms with Gasteiger partial charge >= 0.3 is 6.18 Å². The minimum absolute atomic E-state index is 0.0619. The SMILES string of the molecule is Cc1ccc(C(F)(F)F)c2c1NC(C)(C)C(=O)C2. The maximum Gasteiger partial charge on any atom is 0.416 e. The van der Waals surface area contributed by atoms with Crippen LogP contribution in [-0.2, 0) is 17.4 Å². The standard InChI is InChI=1S/C13H14F3NO/c1-7-4-5-9(13(14,15)16)8-6-10(18)12(2,3)17-11(7)8/h4-5,17H,6H2,1-3H3. The van der Waals surface area contributed by atoms with E-state index in [2.05, 4.69) is 5.32 Å². The van der Waals surface area contributed by atoms with Crippen LogP contribution in [0.4, 0.5) is 18.9 Å². The van der Waals surface area contributed by atoms with Crippen molar-refractivity contribution in [2.75, 3.05) is 5.32 Å². The van der Waals surface area contributed by atoms with Crippen molar-refractivity contribution >= 4 is 11.5 Å². The Morgan fingerprint density at radius 3 is 2.44 bits per heavy atom. The number of ketones is 1. The van der Waals surface area contributed by atoms with E-state index in [9.17, 15) is 18.0 Å². The van der Waals surface area contributed by atoms with Gasteiger partial charge in [-0.05, 0) is 38.0 Å². The van der Waals surface area contributed by atoms with Gasteiger partial charge < -0.3 is 5.32 Å². The summed E-state index contributed by atoms with van der Waals surface area (Å²) in [4.78, 5) is 11.8. The predicted octanol–water partition coefficient (Wildman–Crippen LogP) is 3.33. The topological polar surface area (TPSA) is 29.1 Å². The molecule has 0 saturated carbocycles. The molecule has 2 nitrogen and oxygen atoms in total. The molecule has 0 aromatic heterocycles. The third-order valence-electron chi connectivity index (χ3n) is 3.30. The first kappa shape index (κ1) is 12.9. The number of hydrogen-bond acceptors (Lipinski definition) is 2. The summed E-state index contributed by atoms with van der Waals surface area (Å²) in [5.74, 6) is -0.230. The molecule has 0 aliphatic carbocycles. The molecule has 0 fully saturated rings. The molecule has 1 heterocycles. The van der Waals surface area contributed by atoms with Crippen LogP contribution in [0.5, 0.6) is 0 Å². The second-order valence-electron chi connectivity index (χ2n) is 5.13. The molecule has 0 spiro atoms. The van der Waals surface area contributed by atoms with E-state index in [1.54, 1.807) is 20.8 Å². The highest BCUT2D eigenvalue weighted by molar-refractivity contribution is 5.97. The maximum atomic E-state index is 12.9. The Balaban J connectivity index is 2.64. The van der Waals surface area contributed by atoms with Gasteiger partial charge in [-0.1, -0.05) is 6.07 Å². The van der Waals surface area contributed by atoms with Crippen LogP contribution in [0.3, 0.4) is 0 Å². The van der Waals surface area contributed by atoms with Crippen molar-refractivity contribution in [1.29, 1.82) is 0 Å². The number of rotatable bonds is 0. The Morgan fingerprint density at radius 2 is 1.89 bits per heavy atom. The van der Waals surface area contributed by atoms with Crippen LogP contribution in [0, 0.1) is 6.92 Å². The highest BCUT2D eigenvalue weighted by Gasteiger charge is 2.40. The number of carbonyl (C=O) groups excluding carboxylic acids is 1. The van der Waals surface area contributed by atoms with Crippen LogP contribution < -0.4 is 5.32 Å². The fourth-order valence-electron chi connectivity index (χ4n) is 2.15. The molecule has 1 aliphatic heterocycles. The molecule has 0 atom stereocenters. The average molecular weight is 257 g/mol. The molecule has 1 aliphatic rings. The van der Waals surface area contributed by atoms with Gasteiger partial charge in [0, 0.05) is 12.1 Å². The van der Waals surface area contributed by atoms with Gasteiger partial charge in [-0.15, -0.1) is 0 Å². The van der Waals surface area contributed by atoms with Gasteiger partial charge in [-0.25, -0.2) is 0 Å². The average Bonchev–Trinajstić information content (AvgIpc) is 2.19. The lowest BCUT2D eigenvalue weighted by molar-refractivity contribution is -0.138. The Labute approximate surface area is 103 Å². The summed E-state index contributed by atoms with van der Waals surface area (Å²) in [7, 11) is 0. The van der Waals surface area contributed by atoms with Crippen molar-refractivity contribution in [2.24, 2.45) is 0 Å². The number of alkyl halides is 3. The number of halogens is 3. The minimum atomic E-state index is -4.43. The number of benzene rings is 1. The van der Waals surface area contributed by atoms with Crippen molar-refractivity contribution in [1.82, 2.24) is 0 Å². The summed E-state index contributed by atoms with van der Waals surface area (Å²) in [5, 5.41) is 2.92. The van der Waals surface area contributed by atoms with Gasteiger partial charge in [0.15, 0.2) is 5.78 Å². The first-order chi connectivity index (χ1) is 8.13. The van der Waals surface area contributed by atoms with Crippen molar-refractivity contribution < 1.29 is 18.0 Å². The minimum Gasteiger partial charge on any atom is -0.373 e. The summed E-state index contributed by atoms with van der Waals surface area (Å²) in [6.07, 6.45) is -4.60. The third kappa shape index (κ3) is 1.98. The molecule has 1 aromatic carbocycles. The van der Waals surface area contributed by atoms with Gasteiger partial charge in [0.25, 0.3) is 0 Å². The molecule has 0 radical (unpaired) electrons. The van der Waals surface area contributed by atoms with E-state index in [0.29, 0.717) is 5.69 Å². The number of fused-ring (bicyclic) bond motifs is 1. The smallest absolute Gasteiger partial charge is 0.373 e. The molecule has 0 bridgehead atoms. The zero-order chi connectivity index (χ0) is 13.7. The summed E-state index contributed by atoms with van der Waals surface area (Å²) < 4.78 is 38.7. The van der Waals surface area contributed by atoms with E-state index in [0.717, 1.165) is 11.6 Å². The largest absolute Gasteiger partial charge is 0.416 e. The first-order valence-electron chi connectivity index (χ1n) is 5.64. The fourth-order valence-corrected chi connectivity index (χ4v) is 2.15. The molecular weight excluding hydrogens is 243 g/mol. The Hall–Kier alpha value is -1.52. The lowest BCUT2D eigenvalue weighted by Crippen LogP contribution is -2.45. The molecule has 18 heavy (non-hydrogen) atoms. The zero-order valence-electron chi connectivity index (χ0n) is 10.4. The molecule has 0 amide bonds. The van der Waals surface area contributed by atoms with Crippen molar-refractivity contribution in [3.63, 3.8) is 0 Å². The van der Waals surface area contributed by atoms with Crippen LogP contribution in [-0.4, -0.2) is 11.3 Å². The Kier molecular flexibility index (Phi) is 2.68. The van der Waals surface area contributed by atoms with E-state index in [4.69, 9.17) is 0 Å². The van der Waals surface area contributed by atoms with Gasteiger partial charge in [0.1, 0.15) is 0 Å². The van der Waals surface area contributed by atoms with Gasteiger partial charge in [0.05, 0.1) is 11.1 Å². The van der Waals surface area contributed by atoms with Gasteiger partial charge in [0.2, 0.25) is 0 Å². The predicted molar refractivity (Wildman–Crippen MR) is 62.6 cm³/mol. The Bertz CT molecular complexity index is 518. The quantitative estimate of drug-likeness (QED) is 0.772. The van der Waals surface area contributed by atoms with Crippen molar-refractivity contribution in [3.05, 3.63) is 28.8 Å². The number of carbonyl (C=O) groups is 1. The lowest BCUT2D eigenvalue weighted by Gasteiger charge is -2.34. The summed E-state index contributed by atoms with van der Waals surface area (Å²) >= 11 is 0. The highest BCUT2D eigenvalue weighted by Crippen LogP contribution is 2.40. The van der Waals surface area contributed by atoms with Crippen LogP contribution in [0.2, 0.25) is 0 Å². The fraction of sp³-hybridized carbons (Fsp3) is 0.462. The van der Waals surface area contributed by atoms with Gasteiger partial charge in [-0.2, -0.15) is 13.2 Å². The molecular formula is C13H14F3NO. The summed E-state index contributed by atoms with van der Waals surface area (Å²) in [5.41, 5.74) is -0.318. The number of aryl methyl sites for hydroxylation is 1. The molecule has 0 unspecified atom stereocenters. The van der Waals surface area contributed by atoms with E-state index >= 15 is 0 Å². The molecule has 2 rings (SSSR count). The third-order valence-corrected chi connectivity index (χ3v) is 3.30. The molecule has 5 heteroatoms. The van der Waals surface area contributed by atoms with Crippen molar-refractivity contribution in [3.8, 4) is 0 Å². The molecule has 0 saturated heterocycles. The second-order valence-corrected chi connectivity index (χ2v) is 5.13. The summed E-state index contributed by atoms with van der Waals surface area (Å²) in [6, 6.07) is 2.47. The monoisotopic (exact) mass is 257 g/mol. The van der Waals surface area contributed by atoms with Crippen LogP contribution >= 0.6 is 0 Å². The lowest BCUT2D eigenvalue weighted by atomic mass is 9.84. The Morgan fingerprint density at radius 1 is 1.28 bits per heavy atom. The van der Waals surface area contributed by atoms with Crippen molar-refractivity contribution in [2.45, 2.75) is 38.9 Å². The second kappa shape index (κ2) is 3.73. The number of nitrogens with one attached hydrogen (secondary N) is 1. The molecule has 1 aromatic rings. The van der Waals surface area contributed by atoms with Crippen LogP contribution in [0.1, 0.15) is 30.5 Å². The first-order valence-corrected chi connectivity index (χ1v) is 5.64. The molecule has 1 N–H and O–H groups in total. The van der Waals surface area contributed by atoms with E-state index < -0.39 is 17.3 Å².